The minimum absolute atomic E-state index is 0.374. The average molecular weight is 269 g/mol. The van der Waals surface area contributed by atoms with Crippen LogP contribution >= 0.6 is 0 Å². The van der Waals surface area contributed by atoms with Crippen LogP contribution < -0.4 is 5.32 Å². The number of nitrogens with one attached hydrogen (secondary N) is 1. The second-order valence-electron chi connectivity index (χ2n) is 4.88. The second kappa shape index (κ2) is 6.43. The summed E-state index contributed by atoms with van der Waals surface area (Å²) < 4.78 is 26.5. The Hall–Kier alpha value is -1.75. The highest BCUT2D eigenvalue weighted by molar-refractivity contribution is 5.79. The predicted octanol–water partition coefficient (Wildman–Crippen LogP) is 2.47. The fourth-order valence-electron chi connectivity index (χ4n) is 1.76. The Bertz CT molecular complexity index is 484. The molecule has 0 aromatic heterocycles. The molecule has 0 fully saturated rings. The highest BCUT2D eigenvalue weighted by Gasteiger charge is 2.23. The van der Waals surface area contributed by atoms with E-state index in [2.05, 4.69) is 5.32 Å². The SMILES string of the molecule is CC(C)(CNC/C=C/C(=O)O)c1ccc(F)cc1F. The summed E-state index contributed by atoms with van der Waals surface area (Å²) in [5.41, 5.74) is -0.0990. The van der Waals surface area contributed by atoms with Crippen LogP contribution in [0, 0.1) is 11.6 Å². The highest BCUT2D eigenvalue weighted by atomic mass is 19.1. The minimum Gasteiger partial charge on any atom is -0.478 e. The van der Waals surface area contributed by atoms with Crippen LogP contribution in [0.4, 0.5) is 8.78 Å². The van der Waals surface area contributed by atoms with E-state index < -0.39 is 23.0 Å². The van der Waals surface area contributed by atoms with E-state index in [0.29, 0.717) is 18.7 Å². The van der Waals surface area contributed by atoms with Gasteiger partial charge in [0.25, 0.3) is 0 Å². The van der Waals surface area contributed by atoms with E-state index in [-0.39, 0.29) is 0 Å². The van der Waals surface area contributed by atoms with Crippen molar-refractivity contribution < 1.29 is 18.7 Å². The van der Waals surface area contributed by atoms with Gasteiger partial charge in [-0.3, -0.25) is 0 Å². The van der Waals surface area contributed by atoms with Crippen molar-refractivity contribution in [3.63, 3.8) is 0 Å². The van der Waals surface area contributed by atoms with Crippen molar-refractivity contribution in [1.29, 1.82) is 0 Å². The fourth-order valence-corrected chi connectivity index (χ4v) is 1.76. The summed E-state index contributed by atoms with van der Waals surface area (Å²) in [4.78, 5) is 10.3. The molecule has 5 heteroatoms. The van der Waals surface area contributed by atoms with Crippen molar-refractivity contribution in [1.82, 2.24) is 5.32 Å². The molecule has 0 aliphatic heterocycles. The van der Waals surface area contributed by atoms with Gasteiger partial charge in [-0.2, -0.15) is 0 Å². The Kier molecular flexibility index (Phi) is 5.18. The maximum atomic E-state index is 13.7. The number of hydrogen-bond acceptors (Lipinski definition) is 2. The molecule has 0 atom stereocenters. The van der Waals surface area contributed by atoms with Gasteiger partial charge in [0.05, 0.1) is 0 Å². The van der Waals surface area contributed by atoms with Crippen molar-refractivity contribution in [2.24, 2.45) is 0 Å². The summed E-state index contributed by atoms with van der Waals surface area (Å²) in [6.07, 6.45) is 2.51. The quantitative estimate of drug-likeness (QED) is 0.616. The van der Waals surface area contributed by atoms with E-state index in [0.717, 1.165) is 12.1 Å². The van der Waals surface area contributed by atoms with Gasteiger partial charge in [-0.05, 0) is 11.6 Å². The maximum absolute atomic E-state index is 13.7. The highest BCUT2D eigenvalue weighted by Crippen LogP contribution is 2.25. The molecule has 0 amide bonds. The summed E-state index contributed by atoms with van der Waals surface area (Å²) in [5.74, 6) is -2.19. The Balaban J connectivity index is 2.62. The lowest BCUT2D eigenvalue weighted by Gasteiger charge is -2.26. The van der Waals surface area contributed by atoms with Gasteiger partial charge < -0.3 is 10.4 Å². The number of aliphatic carboxylic acids is 1. The van der Waals surface area contributed by atoms with E-state index in [1.54, 1.807) is 0 Å². The third-order valence-corrected chi connectivity index (χ3v) is 2.75. The molecule has 0 heterocycles. The molecule has 1 rings (SSSR count). The van der Waals surface area contributed by atoms with Gasteiger partial charge in [0, 0.05) is 30.6 Å². The number of halogens is 2. The van der Waals surface area contributed by atoms with Crippen LogP contribution in [0.3, 0.4) is 0 Å². The summed E-state index contributed by atoms with van der Waals surface area (Å²) >= 11 is 0. The van der Waals surface area contributed by atoms with Gasteiger partial charge >= 0.3 is 5.97 Å². The molecule has 2 N–H and O–H groups in total. The Morgan fingerprint density at radius 3 is 2.68 bits per heavy atom. The first-order valence-corrected chi connectivity index (χ1v) is 5.88. The molecule has 3 nitrogen and oxygen atoms in total. The van der Waals surface area contributed by atoms with Crippen LogP contribution in [0.2, 0.25) is 0 Å². The topological polar surface area (TPSA) is 49.3 Å². The zero-order valence-corrected chi connectivity index (χ0v) is 10.9. The summed E-state index contributed by atoms with van der Waals surface area (Å²) in [6, 6.07) is 3.52. The third-order valence-electron chi connectivity index (χ3n) is 2.75. The van der Waals surface area contributed by atoms with Crippen LogP contribution in [0.5, 0.6) is 0 Å². The maximum Gasteiger partial charge on any atom is 0.328 e. The zero-order chi connectivity index (χ0) is 14.5. The Morgan fingerprint density at radius 1 is 1.42 bits per heavy atom. The lowest BCUT2D eigenvalue weighted by atomic mass is 9.84. The molecular formula is C14H17F2NO2. The van der Waals surface area contributed by atoms with Crippen LogP contribution in [0.25, 0.3) is 0 Å². The molecule has 0 radical (unpaired) electrons. The van der Waals surface area contributed by atoms with Crippen molar-refractivity contribution >= 4 is 5.97 Å². The molecule has 0 spiro atoms. The number of hydrogen-bond donors (Lipinski definition) is 2. The van der Waals surface area contributed by atoms with Crippen molar-refractivity contribution in [2.75, 3.05) is 13.1 Å². The average Bonchev–Trinajstić information content (AvgIpc) is 2.27. The number of rotatable bonds is 6. The molecule has 0 saturated heterocycles. The van der Waals surface area contributed by atoms with E-state index >= 15 is 0 Å². The monoisotopic (exact) mass is 269 g/mol. The predicted molar refractivity (Wildman–Crippen MR) is 69.0 cm³/mol. The summed E-state index contributed by atoms with van der Waals surface area (Å²) in [6.45, 7) is 4.48. The van der Waals surface area contributed by atoms with Gasteiger partial charge in [0.15, 0.2) is 0 Å². The molecule has 0 bridgehead atoms. The normalized spacial score (nSPS) is 12.0. The largest absolute Gasteiger partial charge is 0.478 e. The first kappa shape index (κ1) is 15.3. The van der Waals surface area contributed by atoms with Gasteiger partial charge in [-0.15, -0.1) is 0 Å². The molecule has 0 aliphatic rings. The third kappa shape index (κ3) is 4.79. The van der Waals surface area contributed by atoms with Crippen LogP contribution in [0.1, 0.15) is 19.4 Å². The van der Waals surface area contributed by atoms with Gasteiger partial charge in [-0.25, -0.2) is 13.6 Å². The smallest absolute Gasteiger partial charge is 0.328 e. The lowest BCUT2D eigenvalue weighted by molar-refractivity contribution is -0.131. The van der Waals surface area contributed by atoms with Crippen LogP contribution in [-0.4, -0.2) is 24.2 Å². The molecule has 0 saturated carbocycles. The standard InChI is InChI=1S/C14H17F2NO2/c1-14(2,9-17-7-3-4-13(18)19)11-6-5-10(15)8-12(11)16/h3-6,8,17H,7,9H2,1-2H3,(H,18,19)/b4-3+. The molecular weight excluding hydrogens is 252 g/mol. The number of carbonyl (C=O) groups is 1. The fraction of sp³-hybridized carbons (Fsp3) is 0.357. The van der Waals surface area contributed by atoms with Crippen molar-refractivity contribution in [3.05, 3.63) is 47.5 Å². The van der Waals surface area contributed by atoms with Crippen LogP contribution in [0.15, 0.2) is 30.4 Å². The zero-order valence-electron chi connectivity index (χ0n) is 10.9. The van der Waals surface area contributed by atoms with E-state index in [4.69, 9.17) is 5.11 Å². The number of carboxylic acids is 1. The van der Waals surface area contributed by atoms with Gasteiger partial charge in [0.1, 0.15) is 11.6 Å². The molecule has 104 valence electrons. The summed E-state index contributed by atoms with van der Waals surface area (Å²) in [7, 11) is 0. The van der Waals surface area contributed by atoms with Gasteiger partial charge in [-0.1, -0.05) is 26.0 Å². The van der Waals surface area contributed by atoms with E-state index in [1.165, 1.54) is 18.2 Å². The Labute approximate surface area is 110 Å². The van der Waals surface area contributed by atoms with Crippen molar-refractivity contribution in [2.45, 2.75) is 19.3 Å². The molecule has 19 heavy (non-hydrogen) atoms. The Morgan fingerprint density at radius 2 is 2.11 bits per heavy atom. The number of benzene rings is 1. The molecule has 1 aromatic rings. The molecule has 0 unspecified atom stereocenters. The van der Waals surface area contributed by atoms with Crippen molar-refractivity contribution in [3.8, 4) is 0 Å². The minimum atomic E-state index is -1.01. The second-order valence-corrected chi connectivity index (χ2v) is 4.88. The molecule has 0 aliphatic carbocycles. The molecule has 1 aromatic carbocycles. The van der Waals surface area contributed by atoms with E-state index in [9.17, 15) is 13.6 Å². The summed E-state index contributed by atoms with van der Waals surface area (Å²) in [5, 5.41) is 11.4. The van der Waals surface area contributed by atoms with Gasteiger partial charge in [0.2, 0.25) is 0 Å². The number of carboxylic acid groups (broad SMARTS) is 1. The van der Waals surface area contributed by atoms with E-state index in [1.807, 2.05) is 13.8 Å². The lowest BCUT2D eigenvalue weighted by Crippen LogP contribution is -2.33. The first-order chi connectivity index (χ1) is 8.83. The first-order valence-electron chi connectivity index (χ1n) is 5.88. The van der Waals surface area contributed by atoms with Crippen LogP contribution in [-0.2, 0) is 10.2 Å².